The predicted molar refractivity (Wildman–Crippen MR) is 125 cm³/mol. The van der Waals surface area contributed by atoms with E-state index in [0.717, 1.165) is 0 Å². The Morgan fingerprint density at radius 3 is 2.65 bits per heavy atom. The molecule has 1 saturated carbocycles. The van der Waals surface area contributed by atoms with Crippen LogP contribution in [0.25, 0.3) is 6.08 Å². The maximum atomic E-state index is 12.6. The monoisotopic (exact) mass is 524 g/mol. The van der Waals surface area contributed by atoms with Crippen molar-refractivity contribution in [3.05, 3.63) is 42.2 Å². The summed E-state index contributed by atoms with van der Waals surface area (Å²) in [7, 11) is 1.41. The Hall–Kier alpha value is -2.71. The highest BCUT2D eigenvalue weighted by molar-refractivity contribution is 5.87. The molecule has 12 heteroatoms. The Labute approximate surface area is 212 Å². The number of hydrogen-bond donors (Lipinski definition) is 6. The molecule has 0 spiro atoms. The molecule has 204 valence electrons. The highest BCUT2D eigenvalue weighted by Crippen LogP contribution is 2.48. The lowest BCUT2D eigenvalue weighted by Gasteiger charge is -2.43. The summed E-state index contributed by atoms with van der Waals surface area (Å²) in [6.45, 7) is 0.922. The molecular formula is C25H32O12. The minimum Gasteiger partial charge on any atom is -0.504 e. The Kier molecular flexibility index (Phi) is 8.09. The van der Waals surface area contributed by atoms with Gasteiger partial charge in [0.15, 0.2) is 17.8 Å². The summed E-state index contributed by atoms with van der Waals surface area (Å²) in [5.74, 6) is -1.69. The number of aromatic hydroxyl groups is 1. The molecule has 0 bridgehead atoms. The fourth-order valence-corrected chi connectivity index (χ4v) is 5.04. The normalized spacial score (nSPS) is 39.3. The average Bonchev–Trinajstić information content (AvgIpc) is 3.13. The molecule has 37 heavy (non-hydrogen) atoms. The number of phenols is 1. The van der Waals surface area contributed by atoms with Crippen molar-refractivity contribution in [3.8, 4) is 11.5 Å². The van der Waals surface area contributed by atoms with Gasteiger partial charge in [0.1, 0.15) is 30.5 Å². The third kappa shape index (κ3) is 5.60. The second-order valence-electron chi connectivity index (χ2n) is 9.57. The zero-order valence-corrected chi connectivity index (χ0v) is 20.3. The van der Waals surface area contributed by atoms with Crippen LogP contribution in [0.2, 0.25) is 0 Å². The van der Waals surface area contributed by atoms with Crippen LogP contribution in [0.5, 0.6) is 11.5 Å². The zero-order chi connectivity index (χ0) is 26.9. The van der Waals surface area contributed by atoms with Crippen molar-refractivity contribution in [2.24, 2.45) is 11.8 Å². The van der Waals surface area contributed by atoms with Crippen molar-refractivity contribution < 1.29 is 59.1 Å². The van der Waals surface area contributed by atoms with E-state index in [4.69, 9.17) is 23.7 Å². The number of fused-ring (bicyclic) bond motifs is 1. The van der Waals surface area contributed by atoms with Gasteiger partial charge in [-0.25, -0.2) is 4.79 Å². The van der Waals surface area contributed by atoms with Gasteiger partial charge in [-0.1, -0.05) is 6.07 Å². The van der Waals surface area contributed by atoms with Crippen molar-refractivity contribution in [1.29, 1.82) is 0 Å². The largest absolute Gasteiger partial charge is 0.504 e. The quantitative estimate of drug-likeness (QED) is 0.197. The molecule has 0 amide bonds. The SMILES string of the molecule is COc1cc(C=CC(=O)O[C@@H]2C[C@](C)(O)[C@H]3[C@H](O[C@@H]4O[C@H](CO)[C@@H](O)[C@H](O)[C@H]4O)OC=C[C@H]32)ccc1O. The Morgan fingerprint density at radius 2 is 1.95 bits per heavy atom. The second kappa shape index (κ2) is 11.0. The summed E-state index contributed by atoms with van der Waals surface area (Å²) >= 11 is 0. The Morgan fingerprint density at radius 1 is 1.19 bits per heavy atom. The van der Waals surface area contributed by atoms with Crippen molar-refractivity contribution >= 4 is 12.0 Å². The van der Waals surface area contributed by atoms with E-state index in [-0.39, 0.29) is 17.9 Å². The van der Waals surface area contributed by atoms with Crippen molar-refractivity contribution in [3.63, 3.8) is 0 Å². The summed E-state index contributed by atoms with van der Waals surface area (Å²) in [6.07, 6.45) is -3.58. The molecule has 0 radical (unpaired) electrons. The zero-order valence-electron chi connectivity index (χ0n) is 20.3. The van der Waals surface area contributed by atoms with Crippen LogP contribution in [0.1, 0.15) is 18.9 Å². The summed E-state index contributed by atoms with van der Waals surface area (Å²) in [5.41, 5.74) is -0.811. The van der Waals surface area contributed by atoms with Gasteiger partial charge in [-0.3, -0.25) is 0 Å². The molecule has 2 aliphatic heterocycles. The number of esters is 1. The molecule has 1 saturated heterocycles. The fourth-order valence-electron chi connectivity index (χ4n) is 5.04. The first kappa shape index (κ1) is 27.3. The molecule has 1 aliphatic carbocycles. The van der Waals surface area contributed by atoms with E-state index in [1.807, 2.05) is 0 Å². The predicted octanol–water partition coefficient (Wildman–Crippen LogP) is -0.601. The average molecular weight is 525 g/mol. The van der Waals surface area contributed by atoms with Crippen LogP contribution >= 0.6 is 0 Å². The van der Waals surface area contributed by atoms with Crippen LogP contribution in [0.4, 0.5) is 0 Å². The smallest absolute Gasteiger partial charge is 0.331 e. The number of carbonyl (C=O) groups excluding carboxylic acids is 1. The van der Waals surface area contributed by atoms with Crippen LogP contribution in [0, 0.1) is 11.8 Å². The van der Waals surface area contributed by atoms with E-state index in [1.165, 1.54) is 31.6 Å². The van der Waals surface area contributed by atoms with Crippen LogP contribution in [0.15, 0.2) is 36.6 Å². The van der Waals surface area contributed by atoms with Crippen molar-refractivity contribution in [1.82, 2.24) is 0 Å². The fraction of sp³-hybridized carbons (Fsp3) is 0.560. The highest BCUT2D eigenvalue weighted by Gasteiger charge is 2.57. The number of benzene rings is 1. The first-order valence-electron chi connectivity index (χ1n) is 11.8. The number of methoxy groups -OCH3 is 1. The van der Waals surface area contributed by atoms with Gasteiger partial charge in [0.25, 0.3) is 0 Å². The van der Waals surface area contributed by atoms with Gasteiger partial charge in [0.05, 0.1) is 31.5 Å². The molecular weight excluding hydrogens is 492 g/mol. The van der Waals surface area contributed by atoms with E-state index in [9.17, 15) is 35.4 Å². The first-order chi connectivity index (χ1) is 17.6. The van der Waals surface area contributed by atoms with Crippen LogP contribution in [0.3, 0.4) is 0 Å². The molecule has 2 heterocycles. The number of hydrogen-bond acceptors (Lipinski definition) is 12. The van der Waals surface area contributed by atoms with Gasteiger partial charge >= 0.3 is 5.97 Å². The molecule has 0 unspecified atom stereocenters. The molecule has 0 aromatic heterocycles. The summed E-state index contributed by atoms with van der Waals surface area (Å²) in [6, 6.07) is 4.59. The molecule has 4 rings (SSSR count). The van der Waals surface area contributed by atoms with E-state index < -0.39 is 73.1 Å². The van der Waals surface area contributed by atoms with Gasteiger partial charge in [-0.15, -0.1) is 0 Å². The molecule has 1 aromatic carbocycles. The molecule has 2 fully saturated rings. The summed E-state index contributed by atoms with van der Waals surface area (Å²) < 4.78 is 27.4. The minimum atomic E-state index is -1.64. The second-order valence-corrected chi connectivity index (χ2v) is 9.57. The van der Waals surface area contributed by atoms with Gasteiger partial charge in [0, 0.05) is 18.4 Å². The Balaban J connectivity index is 1.44. The molecule has 6 N–H and O–H groups in total. The highest BCUT2D eigenvalue weighted by atomic mass is 16.8. The summed E-state index contributed by atoms with van der Waals surface area (Å²) in [4.78, 5) is 12.6. The van der Waals surface area contributed by atoms with E-state index in [1.54, 1.807) is 25.1 Å². The number of phenolic OH excluding ortho intramolecular Hbond substituents is 1. The lowest BCUT2D eigenvalue weighted by Crippen LogP contribution is -2.60. The number of carbonyl (C=O) groups is 1. The van der Waals surface area contributed by atoms with Gasteiger partial charge in [0.2, 0.25) is 6.29 Å². The molecule has 1 aromatic rings. The lowest BCUT2D eigenvalue weighted by molar-refractivity contribution is -0.346. The van der Waals surface area contributed by atoms with E-state index in [0.29, 0.717) is 5.56 Å². The standard InChI is InChI=1S/C25H32O12/c1-25(32)10-16(35-18(28)6-4-12-3-5-14(27)15(9-12)33-2)13-7-8-34-23(19(13)25)37-24-22(31)21(30)20(29)17(11-26)36-24/h3-9,13,16-17,19-24,26-27,29-32H,10-11H2,1-2H3/t13-,16+,17+,19+,20+,21-,22+,23-,24-,25-/m0/s1. The maximum absolute atomic E-state index is 12.6. The molecule has 10 atom stereocenters. The maximum Gasteiger partial charge on any atom is 0.331 e. The van der Waals surface area contributed by atoms with Crippen LogP contribution in [-0.2, 0) is 23.7 Å². The lowest BCUT2D eigenvalue weighted by atomic mass is 9.85. The topological polar surface area (TPSA) is 185 Å². The number of rotatable bonds is 7. The van der Waals surface area contributed by atoms with Crippen molar-refractivity contribution in [2.75, 3.05) is 13.7 Å². The van der Waals surface area contributed by atoms with Gasteiger partial charge < -0.3 is 54.3 Å². The van der Waals surface area contributed by atoms with Crippen molar-refractivity contribution in [2.45, 2.75) is 62.0 Å². The number of aliphatic hydroxyl groups is 5. The van der Waals surface area contributed by atoms with E-state index >= 15 is 0 Å². The Bertz CT molecular complexity index is 1020. The van der Waals surface area contributed by atoms with Crippen LogP contribution in [-0.4, -0.2) is 99.0 Å². The van der Waals surface area contributed by atoms with Gasteiger partial charge in [-0.2, -0.15) is 0 Å². The van der Waals surface area contributed by atoms with Gasteiger partial charge in [-0.05, 0) is 36.8 Å². The minimum absolute atomic E-state index is 0.0340. The molecule has 12 nitrogen and oxygen atoms in total. The summed E-state index contributed by atoms with van der Waals surface area (Å²) in [5, 5.41) is 60.6. The van der Waals surface area contributed by atoms with E-state index in [2.05, 4.69) is 0 Å². The third-order valence-electron chi connectivity index (χ3n) is 6.98. The van der Waals surface area contributed by atoms with Crippen LogP contribution < -0.4 is 4.74 Å². The first-order valence-corrected chi connectivity index (χ1v) is 11.8. The number of ether oxygens (including phenoxy) is 5. The third-order valence-corrected chi connectivity index (χ3v) is 6.98. The molecule has 3 aliphatic rings. The number of aliphatic hydroxyl groups excluding tert-OH is 4.